The van der Waals surface area contributed by atoms with Crippen molar-refractivity contribution in [2.45, 2.75) is 110 Å². The normalized spacial score (nSPS) is 18.3. The van der Waals surface area contributed by atoms with E-state index in [9.17, 15) is 0 Å². The minimum Gasteiger partial charge on any atom is -0.353 e. The first-order valence-corrected chi connectivity index (χ1v) is 10.3. The molecule has 0 radical (unpaired) electrons. The van der Waals surface area contributed by atoms with Crippen LogP contribution < -0.4 is 0 Å². The number of hydrogen-bond donors (Lipinski definition) is 0. The molecule has 1 fully saturated rings. The molecule has 0 bridgehead atoms. The maximum Gasteiger partial charge on any atom is 0.170 e. The van der Waals surface area contributed by atoms with Gasteiger partial charge in [0.05, 0.1) is 0 Å². The standard InChI is InChI=1S/C21H42O2/c1-5-7-8-9-10-14-17-20(19-15-12-11-13-16-19)21(22-3,23-4)18-6-2/h19-20H,5-18H2,1-4H3. The van der Waals surface area contributed by atoms with Gasteiger partial charge in [0.1, 0.15) is 0 Å². The topological polar surface area (TPSA) is 18.5 Å². The van der Waals surface area contributed by atoms with Crippen molar-refractivity contribution in [3.05, 3.63) is 0 Å². The van der Waals surface area contributed by atoms with Gasteiger partial charge < -0.3 is 9.47 Å². The average molecular weight is 327 g/mol. The molecule has 0 aromatic heterocycles. The summed E-state index contributed by atoms with van der Waals surface area (Å²) in [5, 5.41) is 0. The molecule has 1 rings (SSSR count). The first-order chi connectivity index (χ1) is 11.2. The second kappa shape index (κ2) is 12.3. The summed E-state index contributed by atoms with van der Waals surface area (Å²) in [4.78, 5) is 0. The van der Waals surface area contributed by atoms with E-state index in [4.69, 9.17) is 9.47 Å². The Morgan fingerprint density at radius 3 is 2.00 bits per heavy atom. The number of hydrogen-bond acceptors (Lipinski definition) is 2. The van der Waals surface area contributed by atoms with Crippen molar-refractivity contribution >= 4 is 0 Å². The van der Waals surface area contributed by atoms with Gasteiger partial charge in [-0.2, -0.15) is 0 Å². The second-order valence-electron chi connectivity index (χ2n) is 7.53. The van der Waals surface area contributed by atoms with Crippen LogP contribution in [0.25, 0.3) is 0 Å². The van der Waals surface area contributed by atoms with E-state index < -0.39 is 0 Å². The second-order valence-corrected chi connectivity index (χ2v) is 7.53. The Morgan fingerprint density at radius 2 is 1.43 bits per heavy atom. The minimum atomic E-state index is -0.347. The summed E-state index contributed by atoms with van der Waals surface area (Å²) in [7, 11) is 3.71. The highest BCUT2D eigenvalue weighted by Gasteiger charge is 2.42. The van der Waals surface area contributed by atoms with Crippen LogP contribution in [0.1, 0.15) is 104 Å². The zero-order valence-electron chi connectivity index (χ0n) is 16.4. The third-order valence-electron chi connectivity index (χ3n) is 5.94. The lowest BCUT2D eigenvalue weighted by Gasteiger charge is -2.44. The molecule has 0 N–H and O–H groups in total. The number of ether oxygens (including phenoxy) is 2. The first kappa shape index (κ1) is 21.0. The van der Waals surface area contributed by atoms with Crippen LogP contribution in [0.4, 0.5) is 0 Å². The maximum absolute atomic E-state index is 6.02. The Balaban J connectivity index is 2.63. The van der Waals surface area contributed by atoms with Crippen LogP contribution in [0, 0.1) is 11.8 Å². The maximum atomic E-state index is 6.02. The van der Waals surface area contributed by atoms with Crippen molar-refractivity contribution in [3.63, 3.8) is 0 Å². The van der Waals surface area contributed by atoms with Gasteiger partial charge in [0, 0.05) is 26.6 Å². The Labute approximate surface area is 145 Å². The fraction of sp³-hybridized carbons (Fsp3) is 1.00. The van der Waals surface area contributed by atoms with Gasteiger partial charge in [-0.15, -0.1) is 0 Å². The zero-order chi connectivity index (χ0) is 17.0. The largest absolute Gasteiger partial charge is 0.353 e. The van der Waals surface area contributed by atoms with Crippen molar-refractivity contribution in [2.24, 2.45) is 11.8 Å². The van der Waals surface area contributed by atoms with E-state index in [-0.39, 0.29) is 5.79 Å². The average Bonchev–Trinajstić information content (AvgIpc) is 2.60. The van der Waals surface area contributed by atoms with E-state index in [0.29, 0.717) is 5.92 Å². The molecule has 0 saturated heterocycles. The van der Waals surface area contributed by atoms with E-state index >= 15 is 0 Å². The fourth-order valence-electron chi connectivity index (χ4n) is 4.62. The van der Waals surface area contributed by atoms with Gasteiger partial charge in [-0.1, -0.05) is 78.1 Å². The van der Waals surface area contributed by atoms with Crippen LogP contribution in [0.2, 0.25) is 0 Å². The van der Waals surface area contributed by atoms with E-state index in [2.05, 4.69) is 13.8 Å². The monoisotopic (exact) mass is 326 g/mol. The molecule has 138 valence electrons. The molecule has 1 unspecified atom stereocenters. The fourth-order valence-corrected chi connectivity index (χ4v) is 4.62. The van der Waals surface area contributed by atoms with Gasteiger partial charge in [0.2, 0.25) is 0 Å². The Kier molecular flexibility index (Phi) is 11.2. The molecule has 0 aromatic rings. The quantitative estimate of drug-likeness (QED) is 0.276. The van der Waals surface area contributed by atoms with E-state index in [0.717, 1.165) is 18.8 Å². The molecular weight excluding hydrogens is 284 g/mol. The van der Waals surface area contributed by atoms with Crippen molar-refractivity contribution < 1.29 is 9.47 Å². The van der Waals surface area contributed by atoms with Crippen molar-refractivity contribution in [3.8, 4) is 0 Å². The Hall–Kier alpha value is -0.0800. The van der Waals surface area contributed by atoms with Gasteiger partial charge >= 0.3 is 0 Å². The highest BCUT2D eigenvalue weighted by molar-refractivity contribution is 4.86. The van der Waals surface area contributed by atoms with Crippen molar-refractivity contribution in [2.75, 3.05) is 14.2 Å². The molecule has 0 spiro atoms. The smallest absolute Gasteiger partial charge is 0.170 e. The highest BCUT2D eigenvalue weighted by atomic mass is 16.7. The predicted molar refractivity (Wildman–Crippen MR) is 99.7 cm³/mol. The number of unbranched alkanes of at least 4 members (excludes halogenated alkanes) is 5. The molecule has 1 aliphatic carbocycles. The summed E-state index contributed by atoms with van der Waals surface area (Å²) >= 11 is 0. The van der Waals surface area contributed by atoms with Crippen LogP contribution in [0.5, 0.6) is 0 Å². The SMILES string of the molecule is CCCCCCCCC(C1CCCCC1)C(CCC)(OC)OC. The third kappa shape index (κ3) is 6.74. The van der Waals surface area contributed by atoms with E-state index in [1.807, 2.05) is 14.2 Å². The lowest BCUT2D eigenvalue weighted by molar-refractivity contribution is -0.257. The molecule has 0 aromatic carbocycles. The molecule has 0 heterocycles. The first-order valence-electron chi connectivity index (χ1n) is 10.3. The summed E-state index contributed by atoms with van der Waals surface area (Å²) < 4.78 is 12.0. The lowest BCUT2D eigenvalue weighted by atomic mass is 9.72. The Morgan fingerprint density at radius 1 is 0.826 bits per heavy atom. The van der Waals surface area contributed by atoms with E-state index in [1.165, 1.54) is 77.0 Å². The molecule has 2 nitrogen and oxygen atoms in total. The van der Waals surface area contributed by atoms with Crippen LogP contribution >= 0.6 is 0 Å². The van der Waals surface area contributed by atoms with Crippen molar-refractivity contribution in [1.82, 2.24) is 0 Å². The zero-order valence-corrected chi connectivity index (χ0v) is 16.4. The van der Waals surface area contributed by atoms with Gasteiger partial charge in [0.15, 0.2) is 5.79 Å². The Bertz CT molecular complexity index is 267. The number of rotatable bonds is 13. The molecule has 0 aliphatic heterocycles. The van der Waals surface area contributed by atoms with Gasteiger partial charge in [-0.3, -0.25) is 0 Å². The summed E-state index contributed by atoms with van der Waals surface area (Å²) in [6.45, 7) is 4.53. The third-order valence-corrected chi connectivity index (χ3v) is 5.94. The predicted octanol–water partition coefficient (Wildman–Crippen LogP) is 6.72. The van der Waals surface area contributed by atoms with E-state index in [1.54, 1.807) is 0 Å². The van der Waals surface area contributed by atoms with Crippen LogP contribution in [-0.2, 0) is 9.47 Å². The summed E-state index contributed by atoms with van der Waals surface area (Å²) in [5.41, 5.74) is 0. The summed E-state index contributed by atoms with van der Waals surface area (Å²) in [6, 6.07) is 0. The number of methoxy groups -OCH3 is 2. The van der Waals surface area contributed by atoms with Gasteiger partial charge in [-0.25, -0.2) is 0 Å². The summed E-state index contributed by atoms with van der Waals surface area (Å²) in [6.07, 6.45) is 18.6. The molecule has 1 saturated carbocycles. The van der Waals surface area contributed by atoms with Crippen LogP contribution in [0.15, 0.2) is 0 Å². The molecule has 1 aliphatic rings. The lowest BCUT2D eigenvalue weighted by Crippen LogP contribution is -2.46. The molecular formula is C21H42O2. The summed E-state index contributed by atoms with van der Waals surface area (Å²) in [5.74, 6) is 1.02. The van der Waals surface area contributed by atoms with Gasteiger partial charge in [0.25, 0.3) is 0 Å². The highest BCUT2D eigenvalue weighted by Crippen LogP contribution is 2.42. The van der Waals surface area contributed by atoms with Crippen molar-refractivity contribution in [1.29, 1.82) is 0 Å². The molecule has 0 amide bonds. The molecule has 23 heavy (non-hydrogen) atoms. The van der Waals surface area contributed by atoms with Gasteiger partial charge in [-0.05, 0) is 25.2 Å². The van der Waals surface area contributed by atoms with Crippen LogP contribution in [-0.4, -0.2) is 20.0 Å². The van der Waals surface area contributed by atoms with Crippen LogP contribution in [0.3, 0.4) is 0 Å². The molecule has 2 heteroatoms. The minimum absolute atomic E-state index is 0.347. The molecule has 1 atom stereocenters.